The number of imidazole rings is 1. The average molecular weight is 488 g/mol. The van der Waals surface area contributed by atoms with Gasteiger partial charge in [-0.25, -0.2) is 9.37 Å². The summed E-state index contributed by atoms with van der Waals surface area (Å²) in [5, 5.41) is 2.08. The Hall–Kier alpha value is -3.71. The first-order chi connectivity index (χ1) is 17.1. The lowest BCUT2D eigenvalue weighted by molar-refractivity contribution is -0.133. The lowest BCUT2D eigenvalue weighted by Gasteiger charge is -2.26. The number of nitrogens with zero attached hydrogens (tertiary/aromatic N) is 3. The van der Waals surface area contributed by atoms with E-state index in [0.29, 0.717) is 19.5 Å². The van der Waals surface area contributed by atoms with Crippen LogP contribution in [0.3, 0.4) is 0 Å². The number of halogens is 1. The predicted octanol–water partition coefficient (Wildman–Crippen LogP) is 6.56. The van der Waals surface area contributed by atoms with Crippen molar-refractivity contribution in [2.24, 2.45) is 0 Å². The van der Waals surface area contributed by atoms with E-state index in [4.69, 9.17) is 9.40 Å². The summed E-state index contributed by atoms with van der Waals surface area (Å²) in [5.74, 6) is 0.391. The van der Waals surface area contributed by atoms with E-state index in [1.807, 2.05) is 60.5 Å². The van der Waals surface area contributed by atoms with Crippen molar-refractivity contribution in [1.82, 2.24) is 14.3 Å². The Bertz CT molecular complexity index is 1390. The Balaban J connectivity index is 1.38. The molecule has 0 radical (unpaired) electrons. The van der Waals surface area contributed by atoms with E-state index in [9.17, 15) is 9.18 Å². The van der Waals surface area contributed by atoms with Crippen molar-refractivity contribution in [1.29, 1.82) is 0 Å². The molecule has 0 N–H and O–H groups in total. The smallest absolute Gasteiger partial charge is 0.230 e. The van der Waals surface area contributed by atoms with Gasteiger partial charge in [0.2, 0.25) is 5.91 Å². The number of aromatic nitrogens is 2. The second-order valence-corrected chi connectivity index (χ2v) is 9.31. The summed E-state index contributed by atoms with van der Waals surface area (Å²) in [6, 6.07) is 20.0. The molecule has 1 amide bonds. The number of furan rings is 1. The van der Waals surface area contributed by atoms with Crippen molar-refractivity contribution in [3.63, 3.8) is 0 Å². The molecule has 0 bridgehead atoms. The summed E-state index contributed by atoms with van der Waals surface area (Å²) >= 11 is 1.56. The molecule has 1 unspecified atom stereocenters. The van der Waals surface area contributed by atoms with E-state index in [1.165, 1.54) is 12.1 Å². The summed E-state index contributed by atoms with van der Waals surface area (Å²) in [6.45, 7) is 3.03. The van der Waals surface area contributed by atoms with Crippen LogP contribution in [0.2, 0.25) is 0 Å². The van der Waals surface area contributed by atoms with Crippen molar-refractivity contribution < 1.29 is 13.6 Å². The van der Waals surface area contributed by atoms with E-state index in [1.54, 1.807) is 29.7 Å². The van der Waals surface area contributed by atoms with Crippen LogP contribution in [0.15, 0.2) is 89.0 Å². The summed E-state index contributed by atoms with van der Waals surface area (Å²) in [4.78, 5) is 21.1. The maximum atomic E-state index is 13.7. The van der Waals surface area contributed by atoms with Crippen molar-refractivity contribution in [2.45, 2.75) is 32.2 Å². The van der Waals surface area contributed by atoms with E-state index in [0.717, 1.165) is 39.7 Å². The number of rotatable bonds is 9. The van der Waals surface area contributed by atoms with Crippen LogP contribution in [-0.2, 0) is 17.8 Å². The molecule has 0 saturated carbocycles. The molecule has 3 heterocycles. The van der Waals surface area contributed by atoms with Crippen LogP contribution in [0.4, 0.5) is 4.39 Å². The number of benzene rings is 2. The standard InChI is InChI=1S/C28H26FN3O2S/c1-2-25(20-7-4-3-5-8-20)27(33)31(17-24-9-6-16-34-24)15-14-23-19-35-28-30-26(18-32(23)28)21-10-12-22(29)13-11-21/h3-13,16,18-19,25H,2,14-15,17H2,1H3. The molecule has 5 aromatic rings. The predicted molar refractivity (Wildman–Crippen MR) is 136 cm³/mol. The minimum absolute atomic E-state index is 0.0965. The van der Waals surface area contributed by atoms with Gasteiger partial charge in [-0.2, -0.15) is 0 Å². The van der Waals surface area contributed by atoms with Crippen molar-refractivity contribution in [3.05, 3.63) is 107 Å². The first kappa shape index (κ1) is 23.1. The van der Waals surface area contributed by atoms with Gasteiger partial charge in [-0.1, -0.05) is 37.3 Å². The minimum atomic E-state index is -0.266. The summed E-state index contributed by atoms with van der Waals surface area (Å²) in [7, 11) is 0. The zero-order valence-corrected chi connectivity index (χ0v) is 20.2. The summed E-state index contributed by atoms with van der Waals surface area (Å²) in [6.07, 6.45) is 5.02. The van der Waals surface area contributed by atoms with Crippen LogP contribution in [0.25, 0.3) is 16.2 Å². The summed E-state index contributed by atoms with van der Waals surface area (Å²) in [5.41, 5.74) is 3.78. The number of hydrogen-bond donors (Lipinski definition) is 0. The molecule has 0 saturated heterocycles. The van der Waals surface area contributed by atoms with Crippen molar-refractivity contribution in [3.8, 4) is 11.3 Å². The van der Waals surface area contributed by atoms with E-state index in [2.05, 4.69) is 9.78 Å². The monoisotopic (exact) mass is 487 g/mol. The van der Waals surface area contributed by atoms with E-state index < -0.39 is 0 Å². The molecule has 3 aromatic heterocycles. The van der Waals surface area contributed by atoms with Gasteiger partial charge in [-0.05, 0) is 48.4 Å². The zero-order chi connectivity index (χ0) is 24.2. The summed E-state index contributed by atoms with van der Waals surface area (Å²) < 4.78 is 20.9. The maximum absolute atomic E-state index is 13.7. The van der Waals surface area contributed by atoms with Gasteiger partial charge in [-0.3, -0.25) is 9.20 Å². The van der Waals surface area contributed by atoms with Gasteiger partial charge in [-0.15, -0.1) is 11.3 Å². The molecule has 5 nitrogen and oxygen atoms in total. The molecular weight excluding hydrogens is 461 g/mol. The second-order valence-electron chi connectivity index (χ2n) is 8.47. The van der Waals surface area contributed by atoms with Crippen LogP contribution >= 0.6 is 11.3 Å². The normalized spacial score (nSPS) is 12.2. The molecular formula is C28H26FN3O2S. The van der Waals surface area contributed by atoms with Gasteiger partial charge < -0.3 is 9.32 Å². The molecule has 2 aromatic carbocycles. The minimum Gasteiger partial charge on any atom is -0.467 e. The number of hydrogen-bond acceptors (Lipinski definition) is 4. The van der Waals surface area contributed by atoms with Gasteiger partial charge in [0.1, 0.15) is 11.6 Å². The van der Waals surface area contributed by atoms with Crippen LogP contribution in [0.5, 0.6) is 0 Å². The zero-order valence-electron chi connectivity index (χ0n) is 19.4. The first-order valence-electron chi connectivity index (χ1n) is 11.7. The molecule has 0 fully saturated rings. The highest BCUT2D eigenvalue weighted by molar-refractivity contribution is 7.15. The van der Waals surface area contributed by atoms with Gasteiger partial charge in [0.05, 0.1) is 24.4 Å². The molecule has 35 heavy (non-hydrogen) atoms. The number of fused-ring (bicyclic) bond motifs is 1. The lowest BCUT2D eigenvalue weighted by Crippen LogP contribution is -2.36. The number of amides is 1. The highest BCUT2D eigenvalue weighted by atomic mass is 32.1. The van der Waals surface area contributed by atoms with E-state index in [-0.39, 0.29) is 17.6 Å². The van der Waals surface area contributed by atoms with Crippen LogP contribution in [0, 0.1) is 5.82 Å². The Labute approximate surface area is 207 Å². The van der Waals surface area contributed by atoms with Crippen LogP contribution in [-0.4, -0.2) is 26.7 Å². The lowest BCUT2D eigenvalue weighted by atomic mass is 9.95. The van der Waals surface area contributed by atoms with Crippen LogP contribution < -0.4 is 0 Å². The third-order valence-corrected chi connectivity index (χ3v) is 7.10. The molecule has 0 spiro atoms. The number of carbonyl (C=O) groups excluding carboxylic acids is 1. The Kier molecular flexibility index (Phi) is 6.77. The Morgan fingerprint density at radius 2 is 1.91 bits per heavy atom. The fraction of sp³-hybridized carbons (Fsp3) is 0.214. The molecule has 0 aliphatic heterocycles. The Morgan fingerprint density at radius 3 is 2.63 bits per heavy atom. The quantitative estimate of drug-likeness (QED) is 0.237. The van der Waals surface area contributed by atoms with Gasteiger partial charge in [0, 0.05) is 35.8 Å². The molecule has 7 heteroatoms. The average Bonchev–Trinajstić information content (AvgIpc) is 3.62. The highest BCUT2D eigenvalue weighted by Gasteiger charge is 2.25. The third kappa shape index (κ3) is 5.05. The molecule has 0 aliphatic carbocycles. The third-order valence-electron chi connectivity index (χ3n) is 6.21. The van der Waals surface area contributed by atoms with Crippen molar-refractivity contribution >= 4 is 22.2 Å². The first-order valence-corrected chi connectivity index (χ1v) is 12.6. The fourth-order valence-electron chi connectivity index (χ4n) is 4.33. The second kappa shape index (κ2) is 10.3. The van der Waals surface area contributed by atoms with Gasteiger partial charge in [0.15, 0.2) is 4.96 Å². The maximum Gasteiger partial charge on any atom is 0.230 e. The van der Waals surface area contributed by atoms with Crippen LogP contribution in [0.1, 0.15) is 36.3 Å². The fourth-order valence-corrected chi connectivity index (χ4v) is 5.24. The topological polar surface area (TPSA) is 50.8 Å². The van der Waals surface area contributed by atoms with Gasteiger partial charge in [0.25, 0.3) is 0 Å². The molecule has 1 atom stereocenters. The largest absolute Gasteiger partial charge is 0.467 e. The van der Waals surface area contributed by atoms with Crippen molar-refractivity contribution in [2.75, 3.05) is 6.54 Å². The number of thiazole rings is 1. The SMILES string of the molecule is CCC(C(=O)N(CCc1csc2nc(-c3ccc(F)cc3)cn12)Cc1ccco1)c1ccccc1. The van der Waals surface area contributed by atoms with Gasteiger partial charge >= 0.3 is 0 Å². The Morgan fingerprint density at radius 1 is 1.11 bits per heavy atom. The molecule has 0 aliphatic rings. The van der Waals surface area contributed by atoms with E-state index >= 15 is 0 Å². The molecule has 178 valence electrons. The number of carbonyl (C=O) groups is 1. The highest BCUT2D eigenvalue weighted by Crippen LogP contribution is 2.26. The molecule has 5 rings (SSSR count).